The molecule has 0 aliphatic carbocycles. The van der Waals surface area contributed by atoms with Gasteiger partial charge in [-0.15, -0.1) is 0 Å². The number of nitrogens with one attached hydrogen (secondary N) is 2. The van der Waals surface area contributed by atoms with E-state index in [0.717, 1.165) is 26.6 Å². The Morgan fingerprint density at radius 3 is 2.29 bits per heavy atom. The Morgan fingerprint density at radius 2 is 1.79 bits per heavy atom. The van der Waals surface area contributed by atoms with Gasteiger partial charge in [-0.05, 0) is 18.2 Å². The van der Waals surface area contributed by atoms with E-state index in [1.807, 2.05) is 0 Å². The normalized spacial score (nSPS) is 11.4. The van der Waals surface area contributed by atoms with Gasteiger partial charge in [-0.25, -0.2) is 18.0 Å². The Hall–Kier alpha value is -2.75. The molecule has 1 rings (SSSR count). The maximum Gasteiger partial charge on any atom is 0.354 e. The molecule has 0 saturated carbocycles. The van der Waals surface area contributed by atoms with Crippen molar-refractivity contribution in [3.63, 3.8) is 0 Å². The first-order valence-corrected chi connectivity index (χ1v) is 8.40. The number of carbonyl (C=O) groups excluding carboxylic acids is 2. The van der Waals surface area contributed by atoms with E-state index < -0.39 is 22.0 Å². The van der Waals surface area contributed by atoms with E-state index >= 15 is 0 Å². The number of esters is 2. The highest BCUT2D eigenvalue weighted by Crippen LogP contribution is 2.29. The predicted octanol–water partition coefficient (Wildman–Crippen LogP) is 0.708. The Kier molecular flexibility index (Phi) is 6.59. The third-order valence-electron chi connectivity index (χ3n) is 2.64. The first-order chi connectivity index (χ1) is 11.2. The van der Waals surface area contributed by atoms with Crippen molar-refractivity contribution < 1.29 is 32.2 Å². The van der Waals surface area contributed by atoms with Crippen LogP contribution in [-0.4, -0.2) is 47.9 Å². The summed E-state index contributed by atoms with van der Waals surface area (Å²) in [6.07, 6.45) is 1.91. The fourth-order valence-corrected chi connectivity index (χ4v) is 2.21. The molecule has 0 atom stereocenters. The van der Waals surface area contributed by atoms with Gasteiger partial charge in [0.1, 0.15) is 11.4 Å². The van der Waals surface area contributed by atoms with Crippen LogP contribution in [0.15, 0.2) is 30.0 Å². The molecule has 2 N–H and O–H groups in total. The molecule has 1 aromatic rings. The Labute approximate surface area is 139 Å². The van der Waals surface area contributed by atoms with Crippen LogP contribution in [0, 0.1) is 0 Å². The summed E-state index contributed by atoms with van der Waals surface area (Å²) in [6.45, 7) is 0. The highest BCUT2D eigenvalue weighted by Gasteiger charge is 2.15. The number of anilines is 2. The quantitative estimate of drug-likeness (QED) is 0.540. The number of sulfonamides is 1. The molecule has 10 heteroatoms. The van der Waals surface area contributed by atoms with E-state index in [9.17, 15) is 18.0 Å². The molecular formula is C14H18N2O7S. The molecule has 0 unspecified atom stereocenters. The lowest BCUT2D eigenvalue weighted by Crippen LogP contribution is -2.16. The largest absolute Gasteiger partial charge is 0.495 e. The van der Waals surface area contributed by atoms with E-state index in [-0.39, 0.29) is 17.1 Å². The van der Waals surface area contributed by atoms with E-state index in [2.05, 4.69) is 19.5 Å². The summed E-state index contributed by atoms with van der Waals surface area (Å²) in [5.74, 6) is -1.28. The summed E-state index contributed by atoms with van der Waals surface area (Å²) in [5, 5.41) is 2.67. The lowest BCUT2D eigenvalue weighted by molar-refractivity contribution is -0.138. The number of hydrogen-bond donors (Lipinski definition) is 2. The Balaban J connectivity index is 3.20. The third kappa shape index (κ3) is 5.80. The van der Waals surface area contributed by atoms with Crippen LogP contribution in [0.4, 0.5) is 11.4 Å². The van der Waals surface area contributed by atoms with Crippen LogP contribution < -0.4 is 14.8 Å². The summed E-state index contributed by atoms with van der Waals surface area (Å²) in [5.41, 5.74) is 0.301. The minimum atomic E-state index is -3.54. The van der Waals surface area contributed by atoms with Crippen molar-refractivity contribution in [3.8, 4) is 5.75 Å². The summed E-state index contributed by atoms with van der Waals surface area (Å²) in [6, 6.07) is 4.41. The van der Waals surface area contributed by atoms with Crippen molar-refractivity contribution in [3.05, 3.63) is 30.0 Å². The summed E-state index contributed by atoms with van der Waals surface area (Å²) in [4.78, 5) is 23.0. The molecular weight excluding hydrogens is 340 g/mol. The topological polar surface area (TPSA) is 120 Å². The fourth-order valence-electron chi connectivity index (χ4n) is 1.65. The maximum absolute atomic E-state index is 11.7. The molecule has 0 saturated heterocycles. The molecule has 9 nitrogen and oxygen atoms in total. The van der Waals surface area contributed by atoms with Crippen molar-refractivity contribution in [2.45, 2.75) is 0 Å². The minimum absolute atomic E-state index is 0.160. The van der Waals surface area contributed by atoms with E-state index in [0.29, 0.717) is 5.69 Å². The fraction of sp³-hybridized carbons (Fsp3) is 0.286. The van der Waals surface area contributed by atoms with Gasteiger partial charge in [0.15, 0.2) is 0 Å². The first-order valence-electron chi connectivity index (χ1n) is 6.51. The molecule has 0 bridgehead atoms. The molecule has 1 aromatic carbocycles. The van der Waals surface area contributed by atoms with Crippen LogP contribution in [0.25, 0.3) is 0 Å². The first kappa shape index (κ1) is 19.3. The molecule has 0 heterocycles. The SMILES string of the molecule is COC(=O)/C=C(/Nc1ccc(OC)c(NS(C)(=O)=O)c1)C(=O)OC. The van der Waals surface area contributed by atoms with Gasteiger partial charge in [-0.3, -0.25) is 4.72 Å². The molecule has 0 aliphatic heterocycles. The van der Waals surface area contributed by atoms with Crippen molar-refractivity contribution in [1.29, 1.82) is 0 Å². The van der Waals surface area contributed by atoms with Gasteiger partial charge in [0.2, 0.25) is 10.0 Å². The monoisotopic (exact) mass is 358 g/mol. The zero-order valence-corrected chi connectivity index (χ0v) is 14.4. The number of carbonyl (C=O) groups is 2. The van der Waals surface area contributed by atoms with Crippen LogP contribution in [-0.2, 0) is 29.1 Å². The highest BCUT2D eigenvalue weighted by atomic mass is 32.2. The smallest absolute Gasteiger partial charge is 0.354 e. The van der Waals surface area contributed by atoms with Crippen molar-refractivity contribution in [1.82, 2.24) is 0 Å². The van der Waals surface area contributed by atoms with Gasteiger partial charge >= 0.3 is 11.9 Å². The number of hydrogen-bond acceptors (Lipinski definition) is 8. The number of benzene rings is 1. The molecule has 24 heavy (non-hydrogen) atoms. The highest BCUT2D eigenvalue weighted by molar-refractivity contribution is 7.92. The molecule has 0 aliphatic rings. The maximum atomic E-state index is 11.7. The van der Waals surface area contributed by atoms with Crippen molar-refractivity contribution >= 4 is 33.3 Å². The van der Waals surface area contributed by atoms with Crippen LogP contribution in [0.1, 0.15) is 0 Å². The van der Waals surface area contributed by atoms with Gasteiger partial charge in [0, 0.05) is 5.69 Å². The van der Waals surface area contributed by atoms with Crippen LogP contribution >= 0.6 is 0 Å². The van der Waals surface area contributed by atoms with Crippen LogP contribution in [0.5, 0.6) is 5.75 Å². The molecule has 0 fully saturated rings. The number of ether oxygens (including phenoxy) is 3. The van der Waals surface area contributed by atoms with Crippen molar-refractivity contribution in [2.24, 2.45) is 0 Å². The third-order valence-corrected chi connectivity index (χ3v) is 3.23. The van der Waals surface area contributed by atoms with Crippen LogP contribution in [0.3, 0.4) is 0 Å². The zero-order valence-electron chi connectivity index (χ0n) is 13.6. The minimum Gasteiger partial charge on any atom is -0.495 e. The Morgan fingerprint density at radius 1 is 1.12 bits per heavy atom. The van der Waals surface area contributed by atoms with Crippen LogP contribution in [0.2, 0.25) is 0 Å². The predicted molar refractivity (Wildman–Crippen MR) is 87.2 cm³/mol. The van der Waals surface area contributed by atoms with Gasteiger partial charge in [-0.1, -0.05) is 0 Å². The second-order valence-corrected chi connectivity index (χ2v) is 6.24. The van der Waals surface area contributed by atoms with Gasteiger partial charge in [-0.2, -0.15) is 0 Å². The summed E-state index contributed by atoms with van der Waals surface area (Å²) < 4.78 is 39.2. The molecule has 0 spiro atoms. The second-order valence-electron chi connectivity index (χ2n) is 4.49. The molecule has 0 aromatic heterocycles. The standard InChI is InChI=1S/C14H18N2O7S/c1-21-12-6-5-9(7-10(12)16-24(4,19)20)15-11(14(18)23-3)8-13(17)22-2/h5-8,15-16H,1-4H3/b11-8+. The van der Waals surface area contributed by atoms with E-state index in [4.69, 9.17) is 4.74 Å². The van der Waals surface area contributed by atoms with Gasteiger partial charge < -0.3 is 19.5 Å². The summed E-state index contributed by atoms with van der Waals surface area (Å²) in [7, 11) is 0.159. The molecule has 132 valence electrons. The average molecular weight is 358 g/mol. The Bertz CT molecular complexity index is 756. The number of rotatable bonds is 7. The molecule has 0 amide bonds. The lowest BCUT2D eigenvalue weighted by atomic mass is 10.2. The van der Waals surface area contributed by atoms with Gasteiger partial charge in [0.05, 0.1) is 39.3 Å². The molecule has 0 radical (unpaired) electrons. The number of methoxy groups -OCH3 is 3. The van der Waals surface area contributed by atoms with Crippen molar-refractivity contribution in [2.75, 3.05) is 37.6 Å². The van der Waals surface area contributed by atoms with E-state index in [1.54, 1.807) is 0 Å². The average Bonchev–Trinajstić information content (AvgIpc) is 2.52. The zero-order chi connectivity index (χ0) is 18.3. The summed E-state index contributed by atoms with van der Waals surface area (Å²) >= 11 is 0. The lowest BCUT2D eigenvalue weighted by Gasteiger charge is -2.13. The van der Waals surface area contributed by atoms with E-state index in [1.165, 1.54) is 25.3 Å². The second kappa shape index (κ2) is 8.20. The van der Waals surface area contributed by atoms with Gasteiger partial charge in [0.25, 0.3) is 0 Å².